The summed E-state index contributed by atoms with van der Waals surface area (Å²) in [7, 11) is 0. The van der Waals surface area contributed by atoms with Crippen LogP contribution in [0.2, 0.25) is 0 Å². The summed E-state index contributed by atoms with van der Waals surface area (Å²) in [6, 6.07) is 49.1. The van der Waals surface area contributed by atoms with Crippen molar-refractivity contribution in [1.82, 2.24) is 15.0 Å². The third-order valence-corrected chi connectivity index (χ3v) is 9.50. The molecular formula is C46H31N5. The van der Waals surface area contributed by atoms with Crippen LogP contribution in [0.4, 0.5) is 0 Å². The summed E-state index contributed by atoms with van der Waals surface area (Å²) >= 11 is 0. The number of hydrogen-bond donors (Lipinski definition) is 0. The van der Waals surface area contributed by atoms with E-state index in [2.05, 4.69) is 104 Å². The summed E-state index contributed by atoms with van der Waals surface area (Å²) in [5.74, 6) is 2.41. The maximum Gasteiger partial charge on any atom is 0.163 e. The Labute approximate surface area is 297 Å². The molecule has 1 aliphatic rings. The van der Waals surface area contributed by atoms with Crippen molar-refractivity contribution in [3.63, 3.8) is 0 Å². The lowest BCUT2D eigenvalue weighted by Crippen LogP contribution is -2.13. The number of nitrogens with zero attached hydrogens (tertiary/aromatic N) is 5. The van der Waals surface area contributed by atoms with Crippen LogP contribution in [0.3, 0.4) is 0 Å². The van der Waals surface area contributed by atoms with Crippen LogP contribution < -0.4 is 0 Å². The fourth-order valence-corrected chi connectivity index (χ4v) is 6.86. The van der Waals surface area contributed by atoms with E-state index in [0.29, 0.717) is 22.8 Å². The van der Waals surface area contributed by atoms with Gasteiger partial charge in [0.25, 0.3) is 0 Å². The van der Waals surface area contributed by atoms with Crippen LogP contribution >= 0.6 is 0 Å². The summed E-state index contributed by atoms with van der Waals surface area (Å²) in [5, 5.41) is 21.9. The summed E-state index contributed by atoms with van der Waals surface area (Å²) < 4.78 is 0. The van der Waals surface area contributed by atoms with Gasteiger partial charge in [-0.3, -0.25) is 0 Å². The molecule has 1 aliphatic carbocycles. The first-order valence-corrected chi connectivity index (χ1v) is 16.9. The quantitative estimate of drug-likeness (QED) is 0.178. The summed E-state index contributed by atoms with van der Waals surface area (Å²) in [5.41, 5.74) is 8.75. The molecule has 0 aliphatic heterocycles. The number of nitriles is 2. The number of benzene rings is 6. The minimum absolute atomic E-state index is 0.0642. The number of hydrogen-bond acceptors (Lipinski definition) is 5. The van der Waals surface area contributed by atoms with E-state index in [-0.39, 0.29) is 11.8 Å². The first-order valence-electron chi connectivity index (χ1n) is 16.9. The molecule has 2 unspecified atom stereocenters. The molecule has 2 atom stereocenters. The summed E-state index contributed by atoms with van der Waals surface area (Å²) in [6.45, 7) is 2.19. The fourth-order valence-electron chi connectivity index (χ4n) is 6.86. The van der Waals surface area contributed by atoms with E-state index in [1.807, 2.05) is 66.7 Å². The van der Waals surface area contributed by atoms with E-state index in [1.165, 1.54) is 0 Å². The van der Waals surface area contributed by atoms with Gasteiger partial charge in [0.2, 0.25) is 0 Å². The van der Waals surface area contributed by atoms with E-state index < -0.39 is 0 Å². The van der Waals surface area contributed by atoms with Gasteiger partial charge in [0, 0.05) is 17.0 Å². The maximum absolute atomic E-state index is 9.95. The van der Waals surface area contributed by atoms with Crippen LogP contribution in [-0.4, -0.2) is 15.0 Å². The van der Waals surface area contributed by atoms with Crippen LogP contribution in [-0.2, 0) is 0 Å². The fraction of sp³-hybridized carbons (Fsp3) is 0.0652. The molecule has 51 heavy (non-hydrogen) atoms. The van der Waals surface area contributed by atoms with Gasteiger partial charge in [0.15, 0.2) is 11.6 Å². The Morgan fingerprint density at radius 1 is 0.490 bits per heavy atom. The number of rotatable bonds is 6. The second-order valence-corrected chi connectivity index (χ2v) is 12.7. The lowest BCUT2D eigenvalue weighted by atomic mass is 9.89. The smallest absolute Gasteiger partial charge is 0.163 e. The third-order valence-electron chi connectivity index (χ3n) is 9.50. The van der Waals surface area contributed by atoms with Crippen LogP contribution in [0.5, 0.6) is 0 Å². The zero-order valence-corrected chi connectivity index (χ0v) is 27.9. The minimum atomic E-state index is 0.0642. The lowest BCUT2D eigenvalue weighted by molar-refractivity contribution is 0.600. The highest BCUT2D eigenvalue weighted by Gasteiger charge is 2.22. The molecule has 0 N–H and O–H groups in total. The van der Waals surface area contributed by atoms with Crippen molar-refractivity contribution < 1.29 is 0 Å². The second kappa shape index (κ2) is 13.5. The molecule has 0 saturated heterocycles. The van der Waals surface area contributed by atoms with Crippen LogP contribution in [0.15, 0.2) is 158 Å². The Morgan fingerprint density at radius 2 is 1.06 bits per heavy atom. The molecule has 5 heteroatoms. The van der Waals surface area contributed by atoms with Crippen LogP contribution in [0.25, 0.3) is 66.9 Å². The molecule has 0 saturated carbocycles. The Balaban J connectivity index is 1.19. The molecule has 0 radical (unpaired) electrons. The van der Waals surface area contributed by atoms with Gasteiger partial charge >= 0.3 is 0 Å². The number of allylic oxidation sites excluding steroid dienone is 4. The Bertz CT molecular complexity index is 2570. The normalized spacial score (nSPS) is 15.0. The van der Waals surface area contributed by atoms with Crippen molar-refractivity contribution in [3.8, 4) is 68.3 Å². The monoisotopic (exact) mass is 653 g/mol. The molecule has 0 fully saturated rings. The van der Waals surface area contributed by atoms with E-state index in [0.717, 1.165) is 61.1 Å². The third kappa shape index (κ3) is 6.10. The molecule has 240 valence electrons. The molecule has 0 amide bonds. The van der Waals surface area contributed by atoms with Gasteiger partial charge in [-0.15, -0.1) is 0 Å². The van der Waals surface area contributed by atoms with Gasteiger partial charge in [-0.1, -0.05) is 140 Å². The predicted octanol–water partition coefficient (Wildman–Crippen LogP) is 10.9. The van der Waals surface area contributed by atoms with Gasteiger partial charge in [-0.05, 0) is 74.3 Å². The van der Waals surface area contributed by atoms with Crippen LogP contribution in [0.1, 0.15) is 29.8 Å². The lowest BCUT2D eigenvalue weighted by Gasteiger charge is -2.20. The van der Waals surface area contributed by atoms with Gasteiger partial charge in [-0.25, -0.2) is 15.0 Å². The molecule has 8 rings (SSSR count). The summed E-state index contributed by atoms with van der Waals surface area (Å²) in [6.07, 6.45) is 8.49. The SMILES string of the molecule is CC1C=CC=CC1c1nc(-c2ccccc2)nc(-c2ccc(-c3ccc(-c4cc(C#N)cc(-c5ccccc5C#N)c4)c4ccccc34)cc2)n1. The number of aromatic nitrogens is 3. The number of fused-ring (bicyclic) bond motifs is 1. The highest BCUT2D eigenvalue weighted by Crippen LogP contribution is 2.39. The minimum Gasteiger partial charge on any atom is -0.212 e. The Kier molecular flexibility index (Phi) is 8.30. The molecule has 6 aromatic carbocycles. The van der Waals surface area contributed by atoms with Crippen molar-refractivity contribution in [1.29, 1.82) is 10.5 Å². The molecule has 1 heterocycles. The van der Waals surface area contributed by atoms with Gasteiger partial charge in [-0.2, -0.15) is 10.5 Å². The van der Waals surface area contributed by atoms with E-state index >= 15 is 0 Å². The average Bonchev–Trinajstić information content (AvgIpc) is 3.20. The van der Waals surface area contributed by atoms with Crippen molar-refractivity contribution >= 4 is 10.8 Å². The zero-order chi connectivity index (χ0) is 34.7. The van der Waals surface area contributed by atoms with Crippen molar-refractivity contribution in [2.45, 2.75) is 12.8 Å². The average molecular weight is 654 g/mol. The van der Waals surface area contributed by atoms with Crippen molar-refractivity contribution in [2.75, 3.05) is 0 Å². The molecule has 0 bridgehead atoms. The molecular weight excluding hydrogens is 623 g/mol. The van der Waals surface area contributed by atoms with Gasteiger partial charge in [0.1, 0.15) is 5.82 Å². The maximum atomic E-state index is 9.95. The topological polar surface area (TPSA) is 86.2 Å². The highest BCUT2D eigenvalue weighted by molar-refractivity contribution is 6.05. The zero-order valence-electron chi connectivity index (χ0n) is 27.9. The van der Waals surface area contributed by atoms with E-state index in [1.54, 1.807) is 6.07 Å². The first kappa shape index (κ1) is 31.3. The molecule has 0 spiro atoms. The second-order valence-electron chi connectivity index (χ2n) is 12.7. The van der Waals surface area contributed by atoms with E-state index in [4.69, 9.17) is 15.0 Å². The van der Waals surface area contributed by atoms with Crippen molar-refractivity contribution in [2.24, 2.45) is 5.92 Å². The largest absolute Gasteiger partial charge is 0.212 e. The molecule has 1 aromatic heterocycles. The van der Waals surface area contributed by atoms with Gasteiger partial charge < -0.3 is 0 Å². The molecule has 7 aromatic rings. The molecule has 5 nitrogen and oxygen atoms in total. The Morgan fingerprint density at radius 3 is 1.73 bits per heavy atom. The van der Waals surface area contributed by atoms with Gasteiger partial charge in [0.05, 0.1) is 23.3 Å². The predicted molar refractivity (Wildman–Crippen MR) is 204 cm³/mol. The highest BCUT2D eigenvalue weighted by atomic mass is 15.0. The standard InChI is InChI=1S/C46H31N5/c1-30-11-5-7-15-38(30)46-50-44(33-12-3-2-4-13-33)49-45(51-46)34-21-19-32(20-22-34)40-23-24-41(43-18-10-9-17-42(40)43)37-26-31(28-47)25-36(27-37)39-16-8-6-14-35(39)29-48/h2-27,30,38H,1H3. The first-order chi connectivity index (χ1) is 25.1. The Hall–Kier alpha value is -6.95. The van der Waals surface area contributed by atoms with Crippen molar-refractivity contribution in [3.05, 3.63) is 175 Å². The van der Waals surface area contributed by atoms with Crippen LogP contribution in [0, 0.1) is 28.6 Å². The van der Waals surface area contributed by atoms with E-state index in [9.17, 15) is 10.5 Å². The summed E-state index contributed by atoms with van der Waals surface area (Å²) in [4.78, 5) is 14.9.